The van der Waals surface area contributed by atoms with Crippen LogP contribution in [0.2, 0.25) is 0 Å². The van der Waals surface area contributed by atoms with E-state index in [4.69, 9.17) is 0 Å². The van der Waals surface area contributed by atoms with Gasteiger partial charge in [0.1, 0.15) is 0 Å². The molecule has 0 aliphatic carbocycles. The second-order valence-corrected chi connectivity index (χ2v) is 7.22. The van der Waals surface area contributed by atoms with Crippen LogP contribution < -0.4 is 5.32 Å². The Hall–Kier alpha value is -0.910. The molecule has 1 aliphatic heterocycles. The van der Waals surface area contributed by atoms with Gasteiger partial charge >= 0.3 is 0 Å². The van der Waals surface area contributed by atoms with Crippen molar-refractivity contribution in [2.24, 2.45) is 5.92 Å². The molecule has 0 radical (unpaired) electrons. The first-order chi connectivity index (χ1) is 9.59. The van der Waals surface area contributed by atoms with Crippen molar-refractivity contribution in [3.05, 3.63) is 29.8 Å². The zero-order valence-electron chi connectivity index (χ0n) is 12.3. The molecular formula is C15H24N2O2S. The second kappa shape index (κ2) is 6.70. The van der Waals surface area contributed by atoms with Crippen molar-refractivity contribution >= 4 is 10.0 Å². The van der Waals surface area contributed by atoms with Crippen molar-refractivity contribution in [1.29, 1.82) is 0 Å². The molecular weight excluding hydrogens is 272 g/mol. The minimum absolute atomic E-state index is 0.456. The highest BCUT2D eigenvalue weighted by molar-refractivity contribution is 7.89. The zero-order chi connectivity index (χ0) is 14.6. The first-order valence-electron chi connectivity index (χ1n) is 7.38. The molecule has 1 atom stereocenters. The van der Waals surface area contributed by atoms with Gasteiger partial charge in [-0.2, -0.15) is 4.31 Å². The minimum atomic E-state index is -3.35. The number of sulfonamides is 1. The molecule has 1 N–H and O–H groups in total. The molecule has 1 unspecified atom stereocenters. The Bertz CT molecular complexity index is 543. The Kier molecular flexibility index (Phi) is 5.18. The lowest BCUT2D eigenvalue weighted by Gasteiger charge is -2.19. The SMILES string of the molecule is CCNCc1ccccc1S(=O)(=O)N1CCC(CC)C1. The summed E-state index contributed by atoms with van der Waals surface area (Å²) in [7, 11) is -3.35. The first-order valence-corrected chi connectivity index (χ1v) is 8.82. The van der Waals surface area contributed by atoms with Crippen LogP contribution >= 0.6 is 0 Å². The van der Waals surface area contributed by atoms with Crippen LogP contribution in [-0.2, 0) is 16.6 Å². The van der Waals surface area contributed by atoms with Crippen LogP contribution in [0.4, 0.5) is 0 Å². The predicted octanol–water partition coefficient (Wildman–Crippen LogP) is 2.22. The van der Waals surface area contributed by atoms with E-state index in [-0.39, 0.29) is 0 Å². The highest BCUT2D eigenvalue weighted by Gasteiger charge is 2.32. The van der Waals surface area contributed by atoms with Crippen LogP contribution in [0.5, 0.6) is 0 Å². The summed E-state index contributed by atoms with van der Waals surface area (Å²) in [5, 5.41) is 3.20. The second-order valence-electron chi connectivity index (χ2n) is 5.31. The average molecular weight is 296 g/mol. The van der Waals surface area contributed by atoms with E-state index in [9.17, 15) is 8.42 Å². The smallest absolute Gasteiger partial charge is 0.243 e. The molecule has 112 valence electrons. The van der Waals surface area contributed by atoms with Crippen LogP contribution in [-0.4, -0.2) is 32.4 Å². The predicted molar refractivity (Wildman–Crippen MR) is 81.0 cm³/mol. The molecule has 1 aromatic rings. The van der Waals surface area contributed by atoms with Gasteiger partial charge in [0.05, 0.1) is 4.90 Å². The number of nitrogens with one attached hydrogen (secondary N) is 1. The van der Waals surface area contributed by atoms with Gasteiger partial charge in [-0.25, -0.2) is 8.42 Å². The molecule has 0 saturated carbocycles. The Morgan fingerprint density at radius 1 is 1.30 bits per heavy atom. The topological polar surface area (TPSA) is 49.4 Å². The largest absolute Gasteiger partial charge is 0.313 e. The van der Waals surface area contributed by atoms with Crippen LogP contribution in [0.25, 0.3) is 0 Å². The van der Waals surface area contributed by atoms with Crippen LogP contribution in [0, 0.1) is 5.92 Å². The molecule has 4 nitrogen and oxygen atoms in total. The molecule has 1 aromatic carbocycles. The summed E-state index contributed by atoms with van der Waals surface area (Å²) in [4.78, 5) is 0.456. The number of rotatable bonds is 6. The maximum absolute atomic E-state index is 12.8. The van der Waals surface area contributed by atoms with Gasteiger partial charge in [-0.3, -0.25) is 0 Å². The monoisotopic (exact) mass is 296 g/mol. The number of nitrogens with zero attached hydrogens (tertiary/aromatic N) is 1. The lowest BCUT2D eigenvalue weighted by molar-refractivity contribution is 0.452. The molecule has 1 saturated heterocycles. The molecule has 2 rings (SSSR count). The molecule has 0 amide bonds. The van der Waals surface area contributed by atoms with Crippen LogP contribution in [0.3, 0.4) is 0 Å². The van der Waals surface area contributed by atoms with Crippen molar-refractivity contribution in [2.75, 3.05) is 19.6 Å². The maximum Gasteiger partial charge on any atom is 0.243 e. The Morgan fingerprint density at radius 3 is 2.70 bits per heavy atom. The first kappa shape index (κ1) is 15.5. The third-order valence-corrected chi connectivity index (χ3v) is 5.95. The lowest BCUT2D eigenvalue weighted by Crippen LogP contribution is -2.30. The van der Waals surface area contributed by atoms with Gasteiger partial charge in [-0.15, -0.1) is 0 Å². The van der Waals surface area contributed by atoms with Crippen LogP contribution in [0.1, 0.15) is 32.3 Å². The van der Waals surface area contributed by atoms with Gasteiger partial charge in [0, 0.05) is 19.6 Å². The summed E-state index contributed by atoms with van der Waals surface area (Å²) in [5.41, 5.74) is 0.856. The van der Waals surface area contributed by atoms with Gasteiger partial charge in [-0.1, -0.05) is 38.5 Å². The fraction of sp³-hybridized carbons (Fsp3) is 0.600. The van der Waals surface area contributed by atoms with Crippen molar-refractivity contribution < 1.29 is 8.42 Å². The number of benzene rings is 1. The minimum Gasteiger partial charge on any atom is -0.313 e. The summed E-state index contributed by atoms with van der Waals surface area (Å²) in [6, 6.07) is 7.31. The van der Waals surface area contributed by atoms with E-state index in [1.54, 1.807) is 16.4 Å². The van der Waals surface area contributed by atoms with Gasteiger partial charge in [0.15, 0.2) is 0 Å². The van der Waals surface area contributed by atoms with E-state index < -0.39 is 10.0 Å². The number of hydrogen-bond acceptors (Lipinski definition) is 3. The standard InChI is InChI=1S/C15H24N2O2S/c1-3-13-9-10-17(12-13)20(18,19)15-8-6-5-7-14(15)11-16-4-2/h5-8,13,16H,3-4,9-12H2,1-2H3. The quantitative estimate of drug-likeness (QED) is 0.875. The molecule has 1 fully saturated rings. The van der Waals surface area contributed by atoms with E-state index in [2.05, 4.69) is 12.2 Å². The summed E-state index contributed by atoms with van der Waals surface area (Å²) in [6.45, 7) is 6.88. The summed E-state index contributed by atoms with van der Waals surface area (Å²) < 4.78 is 27.2. The summed E-state index contributed by atoms with van der Waals surface area (Å²) in [5.74, 6) is 0.505. The fourth-order valence-electron chi connectivity index (χ4n) is 2.65. The maximum atomic E-state index is 12.8. The average Bonchev–Trinajstić information content (AvgIpc) is 2.95. The highest BCUT2D eigenvalue weighted by Crippen LogP contribution is 2.27. The van der Waals surface area contributed by atoms with E-state index >= 15 is 0 Å². The number of hydrogen-bond donors (Lipinski definition) is 1. The molecule has 1 heterocycles. The van der Waals surface area contributed by atoms with E-state index in [1.807, 2.05) is 19.1 Å². The zero-order valence-corrected chi connectivity index (χ0v) is 13.1. The summed E-state index contributed by atoms with van der Waals surface area (Å²) in [6.07, 6.45) is 2.02. The molecule has 1 aliphatic rings. The van der Waals surface area contributed by atoms with E-state index in [0.717, 1.165) is 24.9 Å². The molecule has 20 heavy (non-hydrogen) atoms. The van der Waals surface area contributed by atoms with Crippen molar-refractivity contribution in [2.45, 2.75) is 38.1 Å². The van der Waals surface area contributed by atoms with E-state index in [0.29, 0.717) is 30.4 Å². The van der Waals surface area contributed by atoms with Gasteiger partial charge in [-0.05, 0) is 30.5 Å². The van der Waals surface area contributed by atoms with Crippen molar-refractivity contribution in [1.82, 2.24) is 9.62 Å². The Labute approximate surface area is 122 Å². The highest BCUT2D eigenvalue weighted by atomic mass is 32.2. The lowest BCUT2D eigenvalue weighted by atomic mass is 10.1. The Morgan fingerprint density at radius 2 is 2.05 bits per heavy atom. The summed E-state index contributed by atoms with van der Waals surface area (Å²) >= 11 is 0. The van der Waals surface area contributed by atoms with Gasteiger partial charge in [0.25, 0.3) is 0 Å². The van der Waals surface area contributed by atoms with Crippen LogP contribution in [0.15, 0.2) is 29.2 Å². The molecule has 0 spiro atoms. The fourth-order valence-corrected chi connectivity index (χ4v) is 4.40. The van der Waals surface area contributed by atoms with Gasteiger partial charge in [0.2, 0.25) is 10.0 Å². The van der Waals surface area contributed by atoms with Crippen molar-refractivity contribution in [3.8, 4) is 0 Å². The van der Waals surface area contributed by atoms with Crippen molar-refractivity contribution in [3.63, 3.8) is 0 Å². The Balaban J connectivity index is 2.25. The molecule has 5 heteroatoms. The normalized spacial score (nSPS) is 20.4. The third-order valence-electron chi connectivity index (χ3n) is 3.98. The third kappa shape index (κ3) is 3.22. The molecule has 0 aromatic heterocycles. The van der Waals surface area contributed by atoms with E-state index in [1.165, 1.54) is 0 Å². The molecule has 0 bridgehead atoms. The van der Waals surface area contributed by atoms with Gasteiger partial charge < -0.3 is 5.32 Å².